The molecule has 2 aliphatic rings. The molecule has 0 aliphatic carbocycles. The van der Waals surface area contributed by atoms with Crippen LogP contribution in [0.5, 0.6) is 0 Å². The first-order chi connectivity index (χ1) is 7.31. The Morgan fingerprint density at radius 3 is 3.25 bits per heavy atom. The van der Waals surface area contributed by atoms with E-state index in [-0.39, 0.29) is 18.4 Å². The first-order valence-electron chi connectivity index (χ1n) is 5.14. The van der Waals surface area contributed by atoms with Crippen LogP contribution in [0.4, 0.5) is 0 Å². The number of fused-ring (bicyclic) bond motifs is 1. The number of nitrogens with zero attached hydrogens (tertiary/aromatic N) is 2. The number of carbonyl (C=O) groups is 1. The molecule has 0 saturated heterocycles. The van der Waals surface area contributed by atoms with Gasteiger partial charge < -0.3 is 22.0 Å². The minimum absolute atomic E-state index is 0. The molecule has 6 heteroatoms. The zero-order chi connectivity index (χ0) is 10.7. The highest BCUT2D eigenvalue weighted by molar-refractivity contribution is 8.16. The molecule has 0 aromatic carbocycles. The fourth-order valence-corrected chi connectivity index (χ4v) is 2.59. The first-order valence-corrected chi connectivity index (χ1v) is 6.02. The Hall–Kier alpha value is -0.680. The summed E-state index contributed by atoms with van der Waals surface area (Å²) in [5.74, 6) is -0.156. The number of hydrogen-bond acceptors (Lipinski definition) is 5. The Bertz CT molecular complexity index is 331. The van der Waals surface area contributed by atoms with Crippen LogP contribution >= 0.6 is 11.8 Å². The Morgan fingerprint density at radius 2 is 2.50 bits per heavy atom. The molecule has 16 heavy (non-hydrogen) atoms. The zero-order valence-corrected chi connectivity index (χ0v) is 10.7. The molecule has 0 aromatic rings. The normalized spacial score (nSPS) is 18.2. The quantitative estimate of drug-likeness (QED) is 0.586. The van der Waals surface area contributed by atoms with Gasteiger partial charge in [-0.1, -0.05) is 11.8 Å². The van der Waals surface area contributed by atoms with E-state index in [1.54, 1.807) is 11.8 Å². The van der Waals surface area contributed by atoms with Gasteiger partial charge in [0.2, 0.25) is 0 Å². The highest BCUT2D eigenvalue weighted by Gasteiger charge is 2.26. The molecule has 2 heterocycles. The van der Waals surface area contributed by atoms with E-state index < -0.39 is 0 Å². The molecule has 0 unspecified atom stereocenters. The fraction of sp³-hybridized carbons (Fsp3) is 0.600. The molecule has 2 rings (SSSR count). The maximum atomic E-state index is 11.3. The molecular formula is C10H14ClN2O2S-. The summed E-state index contributed by atoms with van der Waals surface area (Å²) in [6.07, 6.45) is 1.42. The number of hydrogen-bond donors (Lipinski definition) is 0. The van der Waals surface area contributed by atoms with E-state index in [0.29, 0.717) is 13.0 Å². The first kappa shape index (κ1) is 13.4. The standard InChI is InChI=1S/C10H14N2O2S.ClH/c1-2-14-9(13)6-8-7-15-10-11-4-3-5-12(8)10;/h7H,2-6H2,1H3;1H/p-1. The number of amidine groups is 1. The predicted octanol–water partition coefficient (Wildman–Crippen LogP) is -1.41. The van der Waals surface area contributed by atoms with Crippen LogP contribution < -0.4 is 12.4 Å². The van der Waals surface area contributed by atoms with E-state index in [2.05, 4.69) is 9.89 Å². The smallest absolute Gasteiger partial charge is 0.311 e. The zero-order valence-electron chi connectivity index (χ0n) is 9.11. The lowest BCUT2D eigenvalue weighted by Gasteiger charge is -2.24. The van der Waals surface area contributed by atoms with Crippen molar-refractivity contribution in [2.24, 2.45) is 4.99 Å². The Balaban J connectivity index is 0.00000128. The SMILES string of the molecule is CCOC(=O)CC1=CSC2=NCCCN12.[Cl-]. The summed E-state index contributed by atoms with van der Waals surface area (Å²) in [6, 6.07) is 0. The summed E-state index contributed by atoms with van der Waals surface area (Å²) >= 11 is 1.60. The maximum absolute atomic E-state index is 11.3. The second-order valence-corrected chi connectivity index (χ2v) is 4.21. The lowest BCUT2D eigenvalue weighted by Crippen LogP contribution is -3.00. The maximum Gasteiger partial charge on any atom is 0.311 e. The summed E-state index contributed by atoms with van der Waals surface area (Å²) in [6.45, 7) is 4.14. The third-order valence-electron chi connectivity index (χ3n) is 2.30. The van der Waals surface area contributed by atoms with Gasteiger partial charge in [-0.25, -0.2) is 0 Å². The minimum atomic E-state index is -0.156. The summed E-state index contributed by atoms with van der Waals surface area (Å²) in [7, 11) is 0. The Labute approximate surface area is 106 Å². The molecular weight excluding hydrogens is 248 g/mol. The van der Waals surface area contributed by atoms with Crippen LogP contribution in [0.1, 0.15) is 19.8 Å². The third kappa shape index (κ3) is 2.92. The lowest BCUT2D eigenvalue weighted by atomic mass is 10.2. The molecule has 4 nitrogen and oxygen atoms in total. The second kappa shape index (κ2) is 6.15. The lowest BCUT2D eigenvalue weighted by molar-refractivity contribution is -0.142. The number of carbonyl (C=O) groups excluding carboxylic acids is 1. The molecule has 2 aliphatic heterocycles. The molecule has 90 valence electrons. The van der Waals surface area contributed by atoms with Gasteiger partial charge in [-0.2, -0.15) is 0 Å². The minimum Gasteiger partial charge on any atom is -1.00 e. The van der Waals surface area contributed by atoms with E-state index in [9.17, 15) is 4.79 Å². The van der Waals surface area contributed by atoms with Crippen LogP contribution in [-0.4, -0.2) is 35.7 Å². The summed E-state index contributed by atoms with van der Waals surface area (Å²) in [5.41, 5.74) is 1.02. The molecule has 0 amide bonds. The van der Waals surface area contributed by atoms with E-state index in [1.807, 2.05) is 12.3 Å². The molecule has 0 bridgehead atoms. The summed E-state index contributed by atoms with van der Waals surface area (Å²) in [5, 5.41) is 3.03. The number of ether oxygens (including phenoxy) is 1. The van der Waals surface area contributed by atoms with E-state index in [0.717, 1.165) is 30.4 Å². The molecule has 0 aromatic heterocycles. The Morgan fingerprint density at radius 1 is 1.69 bits per heavy atom. The van der Waals surface area contributed by atoms with Gasteiger partial charge in [0, 0.05) is 18.8 Å². The van der Waals surface area contributed by atoms with Crippen LogP contribution in [0.3, 0.4) is 0 Å². The van der Waals surface area contributed by atoms with Crippen LogP contribution in [0.25, 0.3) is 0 Å². The van der Waals surface area contributed by atoms with Gasteiger partial charge in [0.05, 0.1) is 13.0 Å². The van der Waals surface area contributed by atoms with Gasteiger partial charge in [-0.05, 0) is 18.8 Å². The number of halogens is 1. The molecule has 0 spiro atoms. The number of esters is 1. The van der Waals surface area contributed by atoms with Gasteiger partial charge >= 0.3 is 5.97 Å². The van der Waals surface area contributed by atoms with Crippen molar-refractivity contribution in [2.75, 3.05) is 19.7 Å². The van der Waals surface area contributed by atoms with Crippen molar-refractivity contribution in [3.05, 3.63) is 11.1 Å². The number of thioether (sulfide) groups is 1. The van der Waals surface area contributed by atoms with E-state index in [4.69, 9.17) is 4.74 Å². The van der Waals surface area contributed by atoms with Crippen molar-refractivity contribution < 1.29 is 21.9 Å². The fourth-order valence-electron chi connectivity index (χ4n) is 1.63. The van der Waals surface area contributed by atoms with Gasteiger partial charge in [0.1, 0.15) is 0 Å². The number of aliphatic imine (C=N–C) groups is 1. The summed E-state index contributed by atoms with van der Waals surface area (Å²) < 4.78 is 4.93. The van der Waals surface area contributed by atoms with E-state index >= 15 is 0 Å². The average Bonchev–Trinajstić information content (AvgIpc) is 2.62. The third-order valence-corrected chi connectivity index (χ3v) is 3.25. The Kier molecular flexibility index (Phi) is 5.15. The molecule has 0 radical (unpaired) electrons. The monoisotopic (exact) mass is 261 g/mol. The van der Waals surface area contributed by atoms with Gasteiger partial charge in [0.15, 0.2) is 5.17 Å². The van der Waals surface area contributed by atoms with Gasteiger partial charge in [-0.15, -0.1) is 0 Å². The predicted molar refractivity (Wildman–Crippen MR) is 60.5 cm³/mol. The van der Waals surface area contributed by atoms with Gasteiger partial charge in [-0.3, -0.25) is 9.79 Å². The van der Waals surface area contributed by atoms with Crippen molar-refractivity contribution in [3.8, 4) is 0 Å². The van der Waals surface area contributed by atoms with Crippen LogP contribution in [0.2, 0.25) is 0 Å². The molecule has 0 fully saturated rings. The summed E-state index contributed by atoms with van der Waals surface area (Å²) in [4.78, 5) is 17.8. The average molecular weight is 262 g/mol. The molecule has 0 N–H and O–H groups in total. The van der Waals surface area contributed by atoms with Gasteiger partial charge in [0.25, 0.3) is 0 Å². The van der Waals surface area contributed by atoms with Crippen LogP contribution in [0.15, 0.2) is 16.1 Å². The van der Waals surface area contributed by atoms with Crippen molar-refractivity contribution in [1.29, 1.82) is 0 Å². The van der Waals surface area contributed by atoms with Crippen molar-refractivity contribution in [3.63, 3.8) is 0 Å². The van der Waals surface area contributed by atoms with Crippen LogP contribution in [0, 0.1) is 0 Å². The van der Waals surface area contributed by atoms with Crippen molar-refractivity contribution in [2.45, 2.75) is 19.8 Å². The topological polar surface area (TPSA) is 41.9 Å². The number of rotatable bonds is 3. The second-order valence-electron chi connectivity index (χ2n) is 3.38. The van der Waals surface area contributed by atoms with Crippen molar-refractivity contribution in [1.82, 2.24) is 4.90 Å². The highest BCUT2D eigenvalue weighted by atomic mass is 35.5. The van der Waals surface area contributed by atoms with E-state index in [1.165, 1.54) is 0 Å². The van der Waals surface area contributed by atoms with Crippen molar-refractivity contribution >= 4 is 22.9 Å². The largest absolute Gasteiger partial charge is 1.00 e. The molecule has 0 atom stereocenters. The molecule has 0 saturated carbocycles. The highest BCUT2D eigenvalue weighted by Crippen LogP contribution is 2.30. The van der Waals surface area contributed by atoms with Crippen LogP contribution in [-0.2, 0) is 9.53 Å².